The number of nitrogens with zero attached hydrogens (tertiary/aromatic N) is 2. The summed E-state index contributed by atoms with van der Waals surface area (Å²) in [4.78, 5) is 17.0. The van der Waals surface area contributed by atoms with Crippen molar-refractivity contribution < 1.29 is 18.7 Å². The van der Waals surface area contributed by atoms with Crippen LogP contribution in [0.15, 0.2) is 17.4 Å². The molecular formula is C5H4N2O4S. The van der Waals surface area contributed by atoms with Crippen molar-refractivity contribution in [3.05, 3.63) is 18.0 Å². The molecule has 1 aromatic rings. The van der Waals surface area contributed by atoms with Gasteiger partial charge in [-0.05, 0) is 6.07 Å². The molecule has 1 aromatic heterocycles. The number of carboxylic acids is 1. The minimum atomic E-state index is -2.34. The van der Waals surface area contributed by atoms with Gasteiger partial charge in [0, 0.05) is 6.20 Å². The monoisotopic (exact) mass is 188 g/mol. The number of carbonyl (C=O) groups is 1. The van der Waals surface area contributed by atoms with Crippen LogP contribution in [0.5, 0.6) is 0 Å². The molecule has 1 rings (SSSR count). The van der Waals surface area contributed by atoms with Gasteiger partial charge in [0.1, 0.15) is 0 Å². The molecule has 0 aliphatic rings. The van der Waals surface area contributed by atoms with Gasteiger partial charge in [0.2, 0.25) is 16.2 Å². The van der Waals surface area contributed by atoms with Gasteiger partial charge < -0.3 is 5.11 Å². The van der Waals surface area contributed by atoms with Crippen LogP contribution in [0.3, 0.4) is 0 Å². The lowest BCUT2D eigenvalue weighted by atomic mass is 10.4. The summed E-state index contributed by atoms with van der Waals surface area (Å²) in [6.07, 6.45) is 1.11. The standard InChI is InChI=1S/C5H4N2O4S/c8-4(9)3-1-2-6-5(7-3)12(10)11/h1-2H,(H,8,9)(H,10,11). The second-order valence-corrected chi connectivity index (χ2v) is 2.64. The lowest BCUT2D eigenvalue weighted by molar-refractivity contribution is 0.0689. The zero-order valence-electron chi connectivity index (χ0n) is 5.67. The molecule has 7 heteroatoms. The molecule has 6 nitrogen and oxygen atoms in total. The predicted octanol–water partition coefficient (Wildman–Crippen LogP) is -0.245. The molecule has 64 valence electrons. The third kappa shape index (κ3) is 1.83. The maximum atomic E-state index is 10.4. The fourth-order valence-electron chi connectivity index (χ4n) is 0.544. The van der Waals surface area contributed by atoms with Gasteiger partial charge in [-0.25, -0.2) is 19.0 Å². The SMILES string of the molecule is O=C(O)c1ccnc(S(=O)O)n1. The molecule has 2 N–H and O–H groups in total. The number of carboxylic acid groups (broad SMARTS) is 1. The van der Waals surface area contributed by atoms with Crippen molar-refractivity contribution in [2.24, 2.45) is 0 Å². The fraction of sp³-hybridized carbons (Fsp3) is 0. The summed E-state index contributed by atoms with van der Waals surface area (Å²) in [7, 11) is 0. The van der Waals surface area contributed by atoms with Gasteiger partial charge in [-0.3, -0.25) is 4.55 Å². The number of rotatable bonds is 2. The number of hydrogen-bond donors (Lipinski definition) is 2. The van der Waals surface area contributed by atoms with Crippen molar-refractivity contribution in [1.82, 2.24) is 9.97 Å². The molecule has 0 amide bonds. The summed E-state index contributed by atoms with van der Waals surface area (Å²) >= 11 is -2.34. The average molecular weight is 188 g/mol. The van der Waals surface area contributed by atoms with Gasteiger partial charge in [-0.15, -0.1) is 0 Å². The van der Waals surface area contributed by atoms with E-state index in [-0.39, 0.29) is 5.69 Å². The molecule has 1 heterocycles. The van der Waals surface area contributed by atoms with Crippen LogP contribution in [0, 0.1) is 0 Å². The average Bonchev–Trinajstić information content (AvgIpc) is 2.04. The topological polar surface area (TPSA) is 100 Å². The summed E-state index contributed by atoms with van der Waals surface area (Å²) in [5.74, 6) is -1.26. The van der Waals surface area contributed by atoms with E-state index in [1.54, 1.807) is 0 Å². The van der Waals surface area contributed by atoms with E-state index >= 15 is 0 Å². The zero-order valence-corrected chi connectivity index (χ0v) is 6.48. The van der Waals surface area contributed by atoms with Crippen LogP contribution in [-0.2, 0) is 11.1 Å². The summed E-state index contributed by atoms with van der Waals surface area (Å²) in [6, 6.07) is 1.14. The summed E-state index contributed by atoms with van der Waals surface area (Å²) in [6.45, 7) is 0. The molecule has 0 spiro atoms. The number of hydrogen-bond acceptors (Lipinski definition) is 4. The molecule has 12 heavy (non-hydrogen) atoms. The molecule has 0 saturated heterocycles. The van der Waals surface area contributed by atoms with Gasteiger partial charge in [0.25, 0.3) is 0 Å². The Balaban J connectivity index is 3.12. The van der Waals surface area contributed by atoms with E-state index in [9.17, 15) is 9.00 Å². The van der Waals surface area contributed by atoms with Gasteiger partial charge >= 0.3 is 5.97 Å². The van der Waals surface area contributed by atoms with Crippen LogP contribution in [-0.4, -0.2) is 29.8 Å². The lowest BCUT2D eigenvalue weighted by Gasteiger charge is -1.94. The highest BCUT2D eigenvalue weighted by Gasteiger charge is 2.08. The van der Waals surface area contributed by atoms with Crippen molar-refractivity contribution in [2.45, 2.75) is 5.16 Å². The van der Waals surface area contributed by atoms with E-state index in [1.165, 1.54) is 0 Å². The highest BCUT2D eigenvalue weighted by atomic mass is 32.2. The maximum Gasteiger partial charge on any atom is 0.354 e. The van der Waals surface area contributed by atoms with Gasteiger partial charge in [0.05, 0.1) is 0 Å². The molecule has 0 bridgehead atoms. The second kappa shape index (κ2) is 3.37. The van der Waals surface area contributed by atoms with Crippen LogP contribution in [0.4, 0.5) is 0 Å². The Morgan fingerprint density at radius 2 is 2.25 bits per heavy atom. The molecule has 0 aliphatic carbocycles. The Hall–Kier alpha value is -1.34. The smallest absolute Gasteiger partial charge is 0.354 e. The fourth-order valence-corrected chi connectivity index (χ4v) is 0.872. The molecule has 0 fully saturated rings. The van der Waals surface area contributed by atoms with E-state index in [1.807, 2.05) is 0 Å². The van der Waals surface area contributed by atoms with Crippen molar-refractivity contribution in [2.75, 3.05) is 0 Å². The first-order valence-corrected chi connectivity index (χ1v) is 3.89. The Kier molecular flexibility index (Phi) is 2.46. The van der Waals surface area contributed by atoms with Gasteiger partial charge in [-0.2, -0.15) is 0 Å². The molecule has 1 atom stereocenters. The normalized spacial score (nSPS) is 12.4. The second-order valence-electron chi connectivity index (χ2n) is 1.78. The van der Waals surface area contributed by atoms with E-state index in [0.717, 1.165) is 12.3 Å². The van der Waals surface area contributed by atoms with Crippen molar-refractivity contribution in [3.63, 3.8) is 0 Å². The van der Waals surface area contributed by atoms with E-state index < -0.39 is 22.2 Å². The molecule has 0 aliphatic heterocycles. The largest absolute Gasteiger partial charge is 0.477 e. The summed E-state index contributed by atoms with van der Waals surface area (Å²) in [5.41, 5.74) is -0.303. The quantitative estimate of drug-likeness (QED) is 0.490. The Morgan fingerprint density at radius 3 is 2.75 bits per heavy atom. The maximum absolute atomic E-state index is 10.4. The van der Waals surface area contributed by atoms with E-state index in [0.29, 0.717) is 0 Å². The predicted molar refractivity (Wildman–Crippen MR) is 38.0 cm³/mol. The Bertz CT molecular complexity index is 311. The van der Waals surface area contributed by atoms with Crippen LogP contribution in [0.25, 0.3) is 0 Å². The molecule has 0 saturated carbocycles. The first kappa shape index (κ1) is 8.75. The highest BCUT2D eigenvalue weighted by Crippen LogP contribution is 1.98. The van der Waals surface area contributed by atoms with E-state index in [4.69, 9.17) is 9.66 Å². The molecular weight excluding hydrogens is 184 g/mol. The minimum absolute atomic E-state index is 0.303. The summed E-state index contributed by atoms with van der Waals surface area (Å²) < 4.78 is 18.9. The van der Waals surface area contributed by atoms with E-state index in [2.05, 4.69) is 9.97 Å². The number of aromatic nitrogens is 2. The van der Waals surface area contributed by atoms with Crippen LogP contribution in [0.1, 0.15) is 10.5 Å². The van der Waals surface area contributed by atoms with Crippen molar-refractivity contribution in [3.8, 4) is 0 Å². The molecule has 0 aromatic carbocycles. The molecule has 1 unspecified atom stereocenters. The third-order valence-corrected chi connectivity index (χ3v) is 1.52. The summed E-state index contributed by atoms with van der Waals surface area (Å²) in [5, 5.41) is 8.01. The lowest BCUT2D eigenvalue weighted by Crippen LogP contribution is -2.05. The molecule has 0 radical (unpaired) electrons. The van der Waals surface area contributed by atoms with Crippen LogP contribution < -0.4 is 0 Å². The minimum Gasteiger partial charge on any atom is -0.477 e. The highest BCUT2D eigenvalue weighted by molar-refractivity contribution is 7.79. The van der Waals surface area contributed by atoms with Gasteiger partial charge in [-0.1, -0.05) is 0 Å². The van der Waals surface area contributed by atoms with Crippen molar-refractivity contribution in [1.29, 1.82) is 0 Å². The Morgan fingerprint density at radius 1 is 1.58 bits per heavy atom. The first-order chi connectivity index (χ1) is 5.61. The first-order valence-electron chi connectivity index (χ1n) is 2.78. The van der Waals surface area contributed by atoms with Crippen LogP contribution >= 0.6 is 0 Å². The van der Waals surface area contributed by atoms with Gasteiger partial charge in [0.15, 0.2) is 5.69 Å². The van der Waals surface area contributed by atoms with Crippen molar-refractivity contribution >= 4 is 17.0 Å². The zero-order chi connectivity index (χ0) is 9.14. The number of aromatic carboxylic acids is 1. The Labute approximate surface area is 69.6 Å². The third-order valence-electron chi connectivity index (χ3n) is 1.01. The van der Waals surface area contributed by atoms with Crippen LogP contribution in [0.2, 0.25) is 0 Å².